The van der Waals surface area contributed by atoms with Gasteiger partial charge < -0.3 is 15.4 Å². The SMILES string of the molecule is Cc1ccc(Cl)cc1NC(=O)Nc1cc2c(cc1Oc1ccccc1)n(C)c(=O)n2C. The molecule has 0 saturated heterocycles. The van der Waals surface area contributed by atoms with E-state index in [1.165, 1.54) is 9.13 Å². The summed E-state index contributed by atoms with van der Waals surface area (Å²) < 4.78 is 9.08. The number of rotatable bonds is 4. The molecule has 0 aliphatic rings. The first-order valence-electron chi connectivity index (χ1n) is 9.60. The number of halogens is 1. The zero-order valence-corrected chi connectivity index (χ0v) is 18.0. The van der Waals surface area contributed by atoms with Crippen LogP contribution in [0.15, 0.2) is 65.5 Å². The molecule has 0 fully saturated rings. The first-order valence-corrected chi connectivity index (χ1v) is 9.98. The number of amides is 2. The van der Waals surface area contributed by atoms with Gasteiger partial charge in [-0.25, -0.2) is 9.59 Å². The summed E-state index contributed by atoms with van der Waals surface area (Å²) in [5.74, 6) is 1.02. The Labute approximate surface area is 183 Å². The molecule has 0 spiro atoms. The van der Waals surface area contributed by atoms with E-state index in [9.17, 15) is 9.59 Å². The fourth-order valence-corrected chi connectivity index (χ4v) is 3.50. The number of benzene rings is 3. The van der Waals surface area contributed by atoms with Crippen LogP contribution in [0.2, 0.25) is 5.02 Å². The molecule has 0 unspecified atom stereocenters. The van der Waals surface area contributed by atoms with Crippen LogP contribution in [0.3, 0.4) is 0 Å². The minimum absolute atomic E-state index is 0.170. The molecular weight excluding hydrogens is 416 g/mol. The Morgan fingerprint density at radius 1 is 0.903 bits per heavy atom. The average Bonchev–Trinajstić information content (AvgIpc) is 2.95. The van der Waals surface area contributed by atoms with Crippen molar-refractivity contribution in [2.75, 3.05) is 10.6 Å². The van der Waals surface area contributed by atoms with Crippen LogP contribution in [-0.4, -0.2) is 15.2 Å². The lowest BCUT2D eigenvalue weighted by Crippen LogP contribution is -2.20. The Morgan fingerprint density at radius 3 is 2.26 bits per heavy atom. The molecule has 0 radical (unpaired) electrons. The van der Waals surface area contributed by atoms with E-state index in [0.29, 0.717) is 38.9 Å². The van der Waals surface area contributed by atoms with Crippen LogP contribution >= 0.6 is 11.6 Å². The van der Waals surface area contributed by atoms with Gasteiger partial charge in [-0.05, 0) is 42.8 Å². The molecule has 3 aromatic carbocycles. The minimum atomic E-state index is -0.455. The Balaban J connectivity index is 1.73. The van der Waals surface area contributed by atoms with Gasteiger partial charge in [0.25, 0.3) is 0 Å². The van der Waals surface area contributed by atoms with Crippen LogP contribution in [0.5, 0.6) is 11.5 Å². The van der Waals surface area contributed by atoms with Crippen molar-refractivity contribution in [2.45, 2.75) is 6.92 Å². The predicted molar refractivity (Wildman–Crippen MR) is 124 cm³/mol. The number of hydrogen-bond donors (Lipinski definition) is 2. The number of ether oxygens (including phenoxy) is 1. The van der Waals surface area contributed by atoms with Crippen molar-refractivity contribution in [1.29, 1.82) is 0 Å². The normalized spacial score (nSPS) is 10.8. The fourth-order valence-electron chi connectivity index (χ4n) is 3.33. The maximum absolute atomic E-state index is 12.7. The van der Waals surface area contributed by atoms with Gasteiger partial charge in [0, 0.05) is 30.9 Å². The molecular formula is C23H21ClN4O3. The van der Waals surface area contributed by atoms with Gasteiger partial charge in [-0.15, -0.1) is 0 Å². The number of anilines is 2. The standard InChI is InChI=1S/C23H21ClN4O3/c1-14-9-10-15(24)11-17(14)25-22(29)26-18-12-19-20(28(3)23(30)27(19)2)13-21(18)31-16-7-5-4-6-8-16/h4-13H,1-3H3,(H2,25,26,29). The lowest BCUT2D eigenvalue weighted by Gasteiger charge is -2.15. The zero-order chi connectivity index (χ0) is 22.1. The summed E-state index contributed by atoms with van der Waals surface area (Å²) in [6.45, 7) is 1.88. The Morgan fingerprint density at radius 2 is 1.55 bits per heavy atom. The van der Waals surface area contributed by atoms with Crippen LogP contribution in [0.4, 0.5) is 16.2 Å². The number of para-hydroxylation sites is 1. The number of aryl methyl sites for hydroxylation is 3. The highest BCUT2D eigenvalue weighted by molar-refractivity contribution is 6.31. The first-order chi connectivity index (χ1) is 14.8. The van der Waals surface area contributed by atoms with Crippen LogP contribution in [0.25, 0.3) is 11.0 Å². The van der Waals surface area contributed by atoms with Gasteiger partial charge in [0.2, 0.25) is 0 Å². The maximum atomic E-state index is 12.7. The molecule has 0 atom stereocenters. The number of carbonyl (C=O) groups is 1. The first kappa shape index (κ1) is 20.6. The van der Waals surface area contributed by atoms with Crippen molar-refractivity contribution in [1.82, 2.24) is 9.13 Å². The topological polar surface area (TPSA) is 77.3 Å². The Hall–Kier alpha value is -3.71. The lowest BCUT2D eigenvalue weighted by molar-refractivity contribution is 0.262. The van der Waals surface area contributed by atoms with Crippen molar-refractivity contribution < 1.29 is 9.53 Å². The van der Waals surface area contributed by atoms with Gasteiger partial charge in [-0.2, -0.15) is 0 Å². The molecule has 0 aliphatic heterocycles. The van der Waals surface area contributed by atoms with Gasteiger partial charge in [0.05, 0.1) is 16.7 Å². The van der Waals surface area contributed by atoms with E-state index >= 15 is 0 Å². The highest BCUT2D eigenvalue weighted by Gasteiger charge is 2.16. The second-order valence-corrected chi connectivity index (χ2v) is 7.63. The summed E-state index contributed by atoms with van der Waals surface area (Å²) in [4.78, 5) is 25.1. The van der Waals surface area contributed by atoms with Crippen molar-refractivity contribution >= 4 is 40.0 Å². The van der Waals surface area contributed by atoms with E-state index in [1.807, 2.05) is 43.3 Å². The molecule has 8 heteroatoms. The number of urea groups is 1. The Kier molecular flexibility index (Phi) is 5.44. The molecule has 1 heterocycles. The molecule has 0 saturated carbocycles. The third kappa shape index (κ3) is 4.13. The van der Waals surface area contributed by atoms with Gasteiger partial charge in [-0.1, -0.05) is 35.9 Å². The molecule has 1 aromatic heterocycles. The molecule has 0 bridgehead atoms. The van der Waals surface area contributed by atoms with E-state index in [2.05, 4.69) is 10.6 Å². The monoisotopic (exact) mass is 436 g/mol. The van der Waals surface area contributed by atoms with Gasteiger partial charge >= 0.3 is 11.7 Å². The summed E-state index contributed by atoms with van der Waals surface area (Å²) in [5.41, 5.74) is 3.09. The van der Waals surface area contributed by atoms with E-state index in [0.717, 1.165) is 5.56 Å². The molecule has 4 aromatic rings. The van der Waals surface area contributed by atoms with Crippen LogP contribution < -0.4 is 21.1 Å². The second kappa shape index (κ2) is 8.20. The van der Waals surface area contributed by atoms with Crippen LogP contribution in [-0.2, 0) is 14.1 Å². The summed E-state index contributed by atoms with van der Waals surface area (Å²) in [7, 11) is 3.38. The summed E-state index contributed by atoms with van der Waals surface area (Å²) in [6, 6.07) is 17.5. The lowest BCUT2D eigenvalue weighted by atomic mass is 10.2. The van der Waals surface area contributed by atoms with Crippen LogP contribution in [0.1, 0.15) is 5.56 Å². The minimum Gasteiger partial charge on any atom is -0.455 e. The number of carbonyl (C=O) groups excluding carboxylic acids is 1. The third-order valence-corrected chi connectivity index (χ3v) is 5.28. The average molecular weight is 437 g/mol. The molecule has 2 N–H and O–H groups in total. The predicted octanol–water partition coefficient (Wildman–Crippen LogP) is 5.28. The van der Waals surface area contributed by atoms with Crippen molar-refractivity contribution in [3.8, 4) is 11.5 Å². The number of fused-ring (bicyclic) bond motifs is 1. The molecule has 158 valence electrons. The van der Waals surface area contributed by atoms with E-state index in [-0.39, 0.29) is 5.69 Å². The van der Waals surface area contributed by atoms with E-state index in [4.69, 9.17) is 16.3 Å². The smallest absolute Gasteiger partial charge is 0.328 e. The molecule has 31 heavy (non-hydrogen) atoms. The summed E-state index contributed by atoms with van der Waals surface area (Å²) in [6.07, 6.45) is 0. The maximum Gasteiger partial charge on any atom is 0.328 e. The molecule has 0 aliphatic carbocycles. The van der Waals surface area contributed by atoms with Crippen molar-refractivity contribution in [3.05, 3.63) is 81.7 Å². The van der Waals surface area contributed by atoms with E-state index in [1.54, 1.807) is 38.4 Å². The zero-order valence-electron chi connectivity index (χ0n) is 17.3. The number of nitrogens with one attached hydrogen (secondary N) is 2. The number of hydrogen-bond acceptors (Lipinski definition) is 3. The fraction of sp³-hybridized carbons (Fsp3) is 0.130. The highest BCUT2D eigenvalue weighted by atomic mass is 35.5. The van der Waals surface area contributed by atoms with Gasteiger partial charge in [0.1, 0.15) is 5.75 Å². The van der Waals surface area contributed by atoms with Gasteiger partial charge in [0.15, 0.2) is 5.75 Å². The molecule has 4 rings (SSSR count). The molecule has 2 amide bonds. The number of imidazole rings is 1. The summed E-state index contributed by atoms with van der Waals surface area (Å²) in [5, 5.41) is 6.16. The van der Waals surface area contributed by atoms with Crippen LogP contribution in [0, 0.1) is 6.92 Å². The molecule has 7 nitrogen and oxygen atoms in total. The van der Waals surface area contributed by atoms with Crippen molar-refractivity contribution in [3.63, 3.8) is 0 Å². The number of aromatic nitrogens is 2. The number of nitrogens with zero attached hydrogens (tertiary/aromatic N) is 2. The van der Waals surface area contributed by atoms with Gasteiger partial charge in [-0.3, -0.25) is 9.13 Å². The van der Waals surface area contributed by atoms with Crippen molar-refractivity contribution in [2.24, 2.45) is 14.1 Å². The third-order valence-electron chi connectivity index (χ3n) is 5.04. The summed E-state index contributed by atoms with van der Waals surface area (Å²) >= 11 is 6.05. The largest absolute Gasteiger partial charge is 0.455 e. The Bertz CT molecular complexity index is 1340. The quantitative estimate of drug-likeness (QED) is 0.457. The highest BCUT2D eigenvalue weighted by Crippen LogP contribution is 2.34. The second-order valence-electron chi connectivity index (χ2n) is 7.19. The van der Waals surface area contributed by atoms with E-state index < -0.39 is 6.03 Å².